The number of aromatic nitrogens is 2. The third-order valence-electron chi connectivity index (χ3n) is 3.47. The Kier molecular flexibility index (Phi) is 10.0. The van der Waals surface area contributed by atoms with Crippen molar-refractivity contribution >= 4 is 45.9 Å². The summed E-state index contributed by atoms with van der Waals surface area (Å²) in [5, 5.41) is 10.9. The summed E-state index contributed by atoms with van der Waals surface area (Å²) < 4.78 is 3.04. The van der Waals surface area contributed by atoms with E-state index >= 15 is 0 Å². The molecule has 1 aromatic carbocycles. The van der Waals surface area contributed by atoms with Gasteiger partial charge in [-0.15, -0.1) is 24.0 Å². The summed E-state index contributed by atoms with van der Waals surface area (Å²) in [4.78, 5) is 4.67. The number of benzene rings is 1. The van der Waals surface area contributed by atoms with Crippen LogP contribution in [0.4, 0.5) is 0 Å². The highest BCUT2D eigenvalue weighted by Crippen LogP contribution is 2.16. The fraction of sp³-hybridized carbons (Fsp3) is 0.412. The Labute approximate surface area is 169 Å². The second-order valence-electron chi connectivity index (χ2n) is 5.32. The zero-order valence-electron chi connectivity index (χ0n) is 14.1. The molecule has 0 amide bonds. The number of rotatable bonds is 7. The summed E-state index contributed by atoms with van der Waals surface area (Å²) in [6, 6.07) is 8.24. The monoisotopic (exact) mass is 505 g/mol. The van der Waals surface area contributed by atoms with E-state index in [2.05, 4.69) is 68.7 Å². The predicted octanol–water partition coefficient (Wildman–Crippen LogP) is 3.72. The molecule has 0 aliphatic heterocycles. The zero-order chi connectivity index (χ0) is 16.5. The first kappa shape index (κ1) is 21.0. The van der Waals surface area contributed by atoms with Gasteiger partial charge in [0.05, 0.1) is 6.54 Å². The molecule has 0 aliphatic carbocycles. The average molecular weight is 506 g/mol. The summed E-state index contributed by atoms with van der Waals surface area (Å²) >= 11 is 3.49. The predicted molar refractivity (Wildman–Crippen MR) is 114 cm³/mol. The average Bonchev–Trinajstić information content (AvgIpc) is 3.03. The second-order valence-corrected chi connectivity index (χ2v) is 6.23. The van der Waals surface area contributed by atoms with Crippen LogP contribution in [-0.2, 0) is 13.1 Å². The van der Waals surface area contributed by atoms with Gasteiger partial charge in [-0.3, -0.25) is 4.68 Å². The van der Waals surface area contributed by atoms with E-state index in [4.69, 9.17) is 0 Å². The Balaban J connectivity index is 0.00000288. The standard InChI is InChI=1S/C17H24BrN5.HI/c1-3-19-17(20-8-4-10-23-11-5-9-22-23)21-13-15-6-7-16(18)12-14(15)2;/h5-7,9,11-12H,3-4,8,10,13H2,1-2H3,(H2,19,20,21);1H. The molecule has 0 fully saturated rings. The van der Waals surface area contributed by atoms with E-state index in [-0.39, 0.29) is 24.0 Å². The quantitative estimate of drug-likeness (QED) is 0.261. The van der Waals surface area contributed by atoms with Crippen LogP contribution in [0.2, 0.25) is 0 Å². The highest BCUT2D eigenvalue weighted by Gasteiger charge is 2.01. The van der Waals surface area contributed by atoms with E-state index in [1.54, 1.807) is 6.20 Å². The van der Waals surface area contributed by atoms with Gasteiger partial charge >= 0.3 is 0 Å². The maximum atomic E-state index is 4.67. The number of aryl methyl sites for hydroxylation is 2. The molecule has 0 radical (unpaired) electrons. The fourth-order valence-electron chi connectivity index (χ4n) is 2.22. The lowest BCUT2D eigenvalue weighted by Crippen LogP contribution is -2.38. The molecule has 7 heteroatoms. The summed E-state index contributed by atoms with van der Waals surface area (Å²) in [5.41, 5.74) is 2.49. The third kappa shape index (κ3) is 7.21. The van der Waals surface area contributed by atoms with Crippen LogP contribution in [0.25, 0.3) is 0 Å². The van der Waals surface area contributed by atoms with Crippen molar-refractivity contribution in [2.45, 2.75) is 33.4 Å². The van der Waals surface area contributed by atoms with Gasteiger partial charge in [0.25, 0.3) is 0 Å². The van der Waals surface area contributed by atoms with Gasteiger partial charge < -0.3 is 10.6 Å². The van der Waals surface area contributed by atoms with Crippen molar-refractivity contribution in [2.75, 3.05) is 13.1 Å². The smallest absolute Gasteiger partial charge is 0.191 e. The molecule has 0 saturated heterocycles. The molecular formula is C17H25BrIN5. The van der Waals surface area contributed by atoms with Crippen LogP contribution < -0.4 is 10.6 Å². The molecule has 2 N–H and O–H groups in total. The first-order chi connectivity index (χ1) is 11.2. The fourth-order valence-corrected chi connectivity index (χ4v) is 2.70. The van der Waals surface area contributed by atoms with Crippen molar-refractivity contribution in [1.29, 1.82) is 0 Å². The molecule has 5 nitrogen and oxygen atoms in total. The molecule has 0 atom stereocenters. The van der Waals surface area contributed by atoms with Crippen molar-refractivity contribution < 1.29 is 0 Å². The van der Waals surface area contributed by atoms with Gasteiger partial charge in [0.2, 0.25) is 0 Å². The minimum atomic E-state index is 0. The number of guanidine groups is 1. The van der Waals surface area contributed by atoms with Gasteiger partial charge in [0, 0.05) is 36.5 Å². The Morgan fingerprint density at radius 2 is 2.17 bits per heavy atom. The molecule has 1 heterocycles. The molecule has 132 valence electrons. The van der Waals surface area contributed by atoms with E-state index in [0.29, 0.717) is 6.54 Å². The molecule has 2 aromatic rings. The van der Waals surface area contributed by atoms with Crippen LogP contribution in [0.5, 0.6) is 0 Å². The van der Waals surface area contributed by atoms with Crippen molar-refractivity contribution in [1.82, 2.24) is 20.4 Å². The minimum absolute atomic E-state index is 0. The van der Waals surface area contributed by atoms with Crippen LogP contribution in [0.3, 0.4) is 0 Å². The molecule has 2 rings (SSSR count). The van der Waals surface area contributed by atoms with Crippen molar-refractivity contribution in [3.8, 4) is 0 Å². The maximum absolute atomic E-state index is 4.67. The van der Waals surface area contributed by atoms with Gasteiger partial charge in [-0.2, -0.15) is 5.10 Å². The highest BCUT2D eigenvalue weighted by molar-refractivity contribution is 14.0. The number of hydrogen-bond acceptors (Lipinski definition) is 2. The lowest BCUT2D eigenvalue weighted by atomic mass is 10.1. The Morgan fingerprint density at radius 1 is 1.33 bits per heavy atom. The van der Waals surface area contributed by atoms with Crippen LogP contribution in [0, 0.1) is 6.92 Å². The first-order valence-corrected chi connectivity index (χ1v) is 8.73. The largest absolute Gasteiger partial charge is 0.357 e. The maximum Gasteiger partial charge on any atom is 0.191 e. The lowest BCUT2D eigenvalue weighted by Gasteiger charge is -2.12. The normalized spacial score (nSPS) is 11.0. The SMILES string of the molecule is CCNC(=NCc1ccc(Br)cc1C)NCCCn1cccn1.I. The summed E-state index contributed by atoms with van der Waals surface area (Å²) in [5.74, 6) is 0.857. The molecule has 24 heavy (non-hydrogen) atoms. The number of hydrogen-bond donors (Lipinski definition) is 2. The molecule has 0 spiro atoms. The third-order valence-corrected chi connectivity index (χ3v) is 3.97. The van der Waals surface area contributed by atoms with Crippen molar-refractivity contribution in [3.05, 3.63) is 52.3 Å². The molecule has 0 aliphatic rings. The molecule has 0 unspecified atom stereocenters. The van der Waals surface area contributed by atoms with Crippen LogP contribution >= 0.6 is 39.9 Å². The number of nitrogens with zero attached hydrogens (tertiary/aromatic N) is 3. The minimum Gasteiger partial charge on any atom is -0.357 e. The molecule has 0 bridgehead atoms. The number of halogens is 2. The van der Waals surface area contributed by atoms with Crippen molar-refractivity contribution in [2.24, 2.45) is 4.99 Å². The summed E-state index contributed by atoms with van der Waals surface area (Å²) in [6.07, 6.45) is 4.79. The Morgan fingerprint density at radius 3 is 2.83 bits per heavy atom. The zero-order valence-corrected chi connectivity index (χ0v) is 18.0. The van der Waals surface area contributed by atoms with Gasteiger partial charge in [0.15, 0.2) is 5.96 Å². The molecular weight excluding hydrogens is 481 g/mol. The van der Waals surface area contributed by atoms with Crippen molar-refractivity contribution in [3.63, 3.8) is 0 Å². The van der Waals surface area contributed by atoms with E-state index in [1.165, 1.54) is 11.1 Å². The summed E-state index contributed by atoms with van der Waals surface area (Å²) in [6.45, 7) is 7.49. The van der Waals surface area contributed by atoms with Gasteiger partial charge in [-0.1, -0.05) is 22.0 Å². The van der Waals surface area contributed by atoms with E-state index < -0.39 is 0 Å². The highest BCUT2D eigenvalue weighted by atomic mass is 127. The summed E-state index contributed by atoms with van der Waals surface area (Å²) in [7, 11) is 0. The molecule has 0 saturated carbocycles. The van der Waals surface area contributed by atoms with Gasteiger partial charge in [-0.05, 0) is 49.6 Å². The van der Waals surface area contributed by atoms with E-state index in [1.807, 2.05) is 16.9 Å². The van der Waals surface area contributed by atoms with Gasteiger partial charge in [0.1, 0.15) is 0 Å². The van der Waals surface area contributed by atoms with Crippen LogP contribution in [0.1, 0.15) is 24.5 Å². The van der Waals surface area contributed by atoms with Crippen LogP contribution in [0.15, 0.2) is 46.1 Å². The van der Waals surface area contributed by atoms with Crippen LogP contribution in [-0.4, -0.2) is 28.8 Å². The lowest BCUT2D eigenvalue weighted by molar-refractivity contribution is 0.570. The van der Waals surface area contributed by atoms with E-state index in [9.17, 15) is 0 Å². The van der Waals surface area contributed by atoms with E-state index in [0.717, 1.165) is 36.5 Å². The van der Waals surface area contributed by atoms with Gasteiger partial charge in [-0.25, -0.2) is 4.99 Å². The number of aliphatic imine (C=N–C) groups is 1. The first-order valence-electron chi connectivity index (χ1n) is 7.93. The topological polar surface area (TPSA) is 54.2 Å². The molecule has 1 aromatic heterocycles. The second kappa shape index (κ2) is 11.5. The Hall–Kier alpha value is -1.09. The Bertz CT molecular complexity index is 628. The number of nitrogens with one attached hydrogen (secondary N) is 2.